The number of nitrogens with one attached hydrogen (secondary N) is 2. The van der Waals surface area contributed by atoms with Crippen molar-refractivity contribution in [3.05, 3.63) is 58.6 Å². The van der Waals surface area contributed by atoms with Gasteiger partial charge >= 0.3 is 0 Å². The molecule has 0 aromatic heterocycles. The summed E-state index contributed by atoms with van der Waals surface area (Å²) >= 11 is 5.85. The fourth-order valence-corrected chi connectivity index (χ4v) is 2.97. The van der Waals surface area contributed by atoms with Crippen LogP contribution in [-0.4, -0.2) is 24.5 Å². The SMILES string of the molecule is CC(C)NC(=O)C1COc2ccc(NC(=O)c3ccc(Cl)cc3)cc2C1. The molecule has 1 aliphatic rings. The van der Waals surface area contributed by atoms with Crippen molar-refractivity contribution in [3.8, 4) is 5.75 Å². The number of hydrogen-bond acceptors (Lipinski definition) is 3. The van der Waals surface area contributed by atoms with E-state index in [9.17, 15) is 9.59 Å². The molecule has 0 saturated carbocycles. The molecule has 2 aromatic rings. The molecule has 1 aliphatic heterocycles. The zero-order chi connectivity index (χ0) is 18.7. The maximum absolute atomic E-state index is 12.3. The Bertz CT molecular complexity index is 818. The fraction of sp³-hybridized carbons (Fsp3) is 0.300. The topological polar surface area (TPSA) is 67.4 Å². The highest BCUT2D eigenvalue weighted by Crippen LogP contribution is 2.30. The largest absolute Gasteiger partial charge is 0.492 e. The summed E-state index contributed by atoms with van der Waals surface area (Å²) in [7, 11) is 0. The molecule has 6 heteroatoms. The van der Waals surface area contributed by atoms with E-state index in [-0.39, 0.29) is 23.8 Å². The van der Waals surface area contributed by atoms with Gasteiger partial charge in [0.25, 0.3) is 5.91 Å². The first kappa shape index (κ1) is 18.3. The molecule has 0 aliphatic carbocycles. The molecule has 26 heavy (non-hydrogen) atoms. The van der Waals surface area contributed by atoms with Crippen LogP contribution in [0.1, 0.15) is 29.8 Å². The standard InChI is InChI=1S/C20H21ClN2O3/c1-12(2)22-20(25)15-9-14-10-17(7-8-18(14)26-11-15)23-19(24)13-3-5-16(21)6-4-13/h3-8,10,12,15H,9,11H2,1-2H3,(H,22,25)(H,23,24). The smallest absolute Gasteiger partial charge is 0.255 e. The molecule has 1 unspecified atom stereocenters. The minimum Gasteiger partial charge on any atom is -0.492 e. The number of anilines is 1. The Kier molecular flexibility index (Phi) is 5.47. The van der Waals surface area contributed by atoms with Crippen LogP contribution in [0.15, 0.2) is 42.5 Å². The van der Waals surface area contributed by atoms with E-state index in [1.54, 1.807) is 30.3 Å². The Labute approximate surface area is 157 Å². The van der Waals surface area contributed by atoms with E-state index < -0.39 is 0 Å². The summed E-state index contributed by atoms with van der Waals surface area (Å²) in [5.41, 5.74) is 2.10. The molecule has 1 heterocycles. The molecule has 2 amide bonds. The minimum absolute atomic E-state index is 0.0127. The van der Waals surface area contributed by atoms with Crippen LogP contribution in [0, 0.1) is 5.92 Å². The lowest BCUT2D eigenvalue weighted by Crippen LogP contribution is -2.40. The van der Waals surface area contributed by atoms with Gasteiger partial charge in [0.15, 0.2) is 0 Å². The number of halogens is 1. The van der Waals surface area contributed by atoms with Gasteiger partial charge in [-0.05, 0) is 68.3 Å². The van der Waals surface area contributed by atoms with E-state index >= 15 is 0 Å². The number of ether oxygens (including phenoxy) is 1. The average Bonchev–Trinajstić information content (AvgIpc) is 2.61. The summed E-state index contributed by atoms with van der Waals surface area (Å²) < 4.78 is 5.71. The van der Waals surface area contributed by atoms with Gasteiger partial charge in [-0.2, -0.15) is 0 Å². The van der Waals surface area contributed by atoms with Crippen LogP contribution in [0.5, 0.6) is 5.75 Å². The van der Waals surface area contributed by atoms with E-state index in [0.29, 0.717) is 29.3 Å². The number of carbonyl (C=O) groups is 2. The Balaban J connectivity index is 1.71. The Morgan fingerprint density at radius 3 is 2.58 bits per heavy atom. The van der Waals surface area contributed by atoms with Gasteiger partial charge in [0, 0.05) is 22.3 Å². The lowest BCUT2D eigenvalue weighted by atomic mass is 9.95. The van der Waals surface area contributed by atoms with Crippen LogP contribution in [0.25, 0.3) is 0 Å². The number of fused-ring (bicyclic) bond motifs is 1. The number of carbonyl (C=O) groups excluding carboxylic acids is 2. The van der Waals surface area contributed by atoms with Crippen molar-refractivity contribution in [3.63, 3.8) is 0 Å². The lowest BCUT2D eigenvalue weighted by molar-refractivity contribution is -0.126. The molecule has 2 N–H and O–H groups in total. The lowest BCUT2D eigenvalue weighted by Gasteiger charge is -2.26. The van der Waals surface area contributed by atoms with Crippen LogP contribution in [0.3, 0.4) is 0 Å². The molecule has 0 saturated heterocycles. The summed E-state index contributed by atoms with van der Waals surface area (Å²) in [6.45, 7) is 4.22. The van der Waals surface area contributed by atoms with Gasteiger partial charge in [-0.1, -0.05) is 11.6 Å². The predicted octanol–water partition coefficient (Wildman–Crippen LogP) is 3.67. The molecular formula is C20H21ClN2O3. The second kappa shape index (κ2) is 7.79. The Morgan fingerprint density at radius 2 is 1.88 bits per heavy atom. The average molecular weight is 373 g/mol. The van der Waals surface area contributed by atoms with Crippen LogP contribution >= 0.6 is 11.6 Å². The molecule has 136 valence electrons. The highest BCUT2D eigenvalue weighted by atomic mass is 35.5. The zero-order valence-electron chi connectivity index (χ0n) is 14.7. The minimum atomic E-state index is -0.230. The normalized spacial score (nSPS) is 15.8. The van der Waals surface area contributed by atoms with Crippen LogP contribution in [0.2, 0.25) is 5.02 Å². The molecule has 0 bridgehead atoms. The van der Waals surface area contributed by atoms with Gasteiger partial charge in [-0.15, -0.1) is 0 Å². The molecule has 0 fully saturated rings. The number of hydrogen-bond donors (Lipinski definition) is 2. The highest BCUT2D eigenvalue weighted by molar-refractivity contribution is 6.30. The van der Waals surface area contributed by atoms with E-state index in [0.717, 1.165) is 11.3 Å². The predicted molar refractivity (Wildman–Crippen MR) is 102 cm³/mol. The number of benzene rings is 2. The van der Waals surface area contributed by atoms with Crippen molar-refractivity contribution < 1.29 is 14.3 Å². The summed E-state index contributed by atoms with van der Waals surface area (Å²) in [6.07, 6.45) is 0.582. The zero-order valence-corrected chi connectivity index (χ0v) is 15.5. The summed E-state index contributed by atoms with van der Waals surface area (Å²) in [6, 6.07) is 12.3. The van der Waals surface area contributed by atoms with Crippen LogP contribution in [-0.2, 0) is 11.2 Å². The third-order valence-electron chi connectivity index (χ3n) is 4.13. The van der Waals surface area contributed by atoms with Crippen molar-refractivity contribution in [2.75, 3.05) is 11.9 Å². The summed E-state index contributed by atoms with van der Waals surface area (Å²) in [5.74, 6) is 0.295. The van der Waals surface area contributed by atoms with E-state index in [1.807, 2.05) is 26.0 Å². The first-order chi connectivity index (χ1) is 12.4. The fourth-order valence-electron chi connectivity index (χ4n) is 2.85. The first-order valence-electron chi connectivity index (χ1n) is 8.55. The van der Waals surface area contributed by atoms with E-state index in [2.05, 4.69) is 10.6 Å². The van der Waals surface area contributed by atoms with Crippen molar-refractivity contribution in [1.82, 2.24) is 5.32 Å². The molecule has 1 atom stereocenters. The molecule has 0 radical (unpaired) electrons. The van der Waals surface area contributed by atoms with Crippen molar-refractivity contribution >= 4 is 29.1 Å². The van der Waals surface area contributed by atoms with E-state index in [1.165, 1.54) is 0 Å². The second-order valence-corrected chi connectivity index (χ2v) is 7.10. The van der Waals surface area contributed by atoms with Crippen LogP contribution in [0.4, 0.5) is 5.69 Å². The van der Waals surface area contributed by atoms with Crippen molar-refractivity contribution in [2.24, 2.45) is 5.92 Å². The third kappa shape index (κ3) is 4.35. The maximum Gasteiger partial charge on any atom is 0.255 e. The number of amides is 2. The van der Waals surface area contributed by atoms with Crippen molar-refractivity contribution in [2.45, 2.75) is 26.3 Å². The van der Waals surface area contributed by atoms with Gasteiger partial charge < -0.3 is 15.4 Å². The van der Waals surface area contributed by atoms with Gasteiger partial charge in [0.2, 0.25) is 5.91 Å². The van der Waals surface area contributed by atoms with Gasteiger partial charge in [-0.3, -0.25) is 9.59 Å². The van der Waals surface area contributed by atoms with E-state index in [4.69, 9.17) is 16.3 Å². The highest BCUT2D eigenvalue weighted by Gasteiger charge is 2.26. The Hall–Kier alpha value is -2.53. The molecule has 2 aromatic carbocycles. The molecular weight excluding hydrogens is 352 g/mol. The summed E-state index contributed by atoms with van der Waals surface area (Å²) in [4.78, 5) is 24.6. The third-order valence-corrected chi connectivity index (χ3v) is 4.38. The monoisotopic (exact) mass is 372 g/mol. The quantitative estimate of drug-likeness (QED) is 0.860. The molecule has 5 nitrogen and oxygen atoms in total. The Morgan fingerprint density at radius 1 is 1.15 bits per heavy atom. The van der Waals surface area contributed by atoms with Crippen LogP contribution < -0.4 is 15.4 Å². The summed E-state index contributed by atoms with van der Waals surface area (Å²) in [5, 5.41) is 6.36. The van der Waals surface area contributed by atoms with Crippen molar-refractivity contribution in [1.29, 1.82) is 0 Å². The van der Waals surface area contributed by atoms with Gasteiger partial charge in [-0.25, -0.2) is 0 Å². The first-order valence-corrected chi connectivity index (χ1v) is 8.93. The maximum atomic E-state index is 12.3. The van der Waals surface area contributed by atoms with Gasteiger partial charge in [0.1, 0.15) is 12.4 Å². The number of rotatable bonds is 4. The molecule has 0 spiro atoms. The second-order valence-electron chi connectivity index (χ2n) is 6.66. The van der Waals surface area contributed by atoms with Gasteiger partial charge in [0.05, 0.1) is 5.92 Å². The molecule has 3 rings (SSSR count).